The topological polar surface area (TPSA) is 29.9 Å². The predicted octanol–water partition coefficient (Wildman–Crippen LogP) is 3.83. The van der Waals surface area contributed by atoms with Crippen LogP contribution in [0.25, 0.3) is 0 Å². The van der Waals surface area contributed by atoms with Gasteiger partial charge in [0.05, 0.1) is 5.69 Å². The largest absolute Gasteiger partial charge is 0.367 e. The first-order valence-corrected chi connectivity index (χ1v) is 6.52. The van der Waals surface area contributed by atoms with Gasteiger partial charge in [0.15, 0.2) is 0 Å². The molecule has 0 aliphatic rings. The van der Waals surface area contributed by atoms with Crippen LogP contribution in [0.2, 0.25) is 0 Å². The van der Waals surface area contributed by atoms with E-state index in [0.717, 1.165) is 30.9 Å². The molecule has 0 saturated heterocycles. The summed E-state index contributed by atoms with van der Waals surface area (Å²) in [6, 6.07) is 2.06. The third-order valence-electron chi connectivity index (χ3n) is 2.83. The van der Waals surface area contributed by atoms with E-state index in [9.17, 15) is 0 Å². The minimum Gasteiger partial charge on any atom is -0.367 e. The Morgan fingerprint density at radius 3 is 2.61 bits per heavy atom. The fraction of sp³-hybridized carbons (Fsp3) is 0.533. The summed E-state index contributed by atoms with van der Waals surface area (Å²) >= 11 is 0. The zero-order valence-corrected chi connectivity index (χ0v) is 12.2. The quantitative estimate of drug-likeness (QED) is 0.774. The highest BCUT2D eigenvalue weighted by molar-refractivity contribution is 5.37. The van der Waals surface area contributed by atoms with E-state index in [1.54, 1.807) is 0 Å². The van der Waals surface area contributed by atoms with Crippen LogP contribution in [0.15, 0.2) is 29.4 Å². The van der Waals surface area contributed by atoms with Gasteiger partial charge >= 0.3 is 0 Å². The molecule has 0 aliphatic carbocycles. The average molecular weight is 247 g/mol. The molecule has 0 aliphatic heterocycles. The minimum absolute atomic E-state index is 0.861. The zero-order chi connectivity index (χ0) is 13.5. The number of hydrogen-bond donors (Lipinski definition) is 1. The Kier molecular flexibility index (Phi) is 5.69. The lowest BCUT2D eigenvalue weighted by atomic mass is 10.1. The number of nitrogens with one attached hydrogen (secondary N) is 1. The first-order valence-electron chi connectivity index (χ1n) is 6.52. The summed E-state index contributed by atoms with van der Waals surface area (Å²) in [5.41, 5.74) is 3.87. The van der Waals surface area contributed by atoms with Crippen molar-refractivity contribution in [1.29, 1.82) is 0 Å². The zero-order valence-electron chi connectivity index (χ0n) is 12.2. The monoisotopic (exact) mass is 247 g/mol. The summed E-state index contributed by atoms with van der Waals surface area (Å²) in [7, 11) is 1.96. The Morgan fingerprint density at radius 2 is 2.06 bits per heavy atom. The molecule has 0 amide bonds. The summed E-state index contributed by atoms with van der Waals surface area (Å²) in [6.07, 6.45) is 6.81. The highest BCUT2D eigenvalue weighted by Crippen LogP contribution is 2.09. The van der Waals surface area contributed by atoms with Crippen LogP contribution in [0.4, 0.5) is 5.82 Å². The van der Waals surface area contributed by atoms with Gasteiger partial charge in [-0.05, 0) is 40.5 Å². The lowest BCUT2D eigenvalue weighted by molar-refractivity contribution is 0.761. The molecule has 3 heteroatoms. The third-order valence-corrected chi connectivity index (χ3v) is 2.83. The normalized spacial score (nSPS) is 11.5. The summed E-state index contributed by atoms with van der Waals surface area (Å²) in [4.78, 5) is 0. The maximum atomic E-state index is 4.30. The molecule has 3 nitrogen and oxygen atoms in total. The molecule has 100 valence electrons. The Labute approximate surface area is 111 Å². The molecule has 1 aromatic rings. The van der Waals surface area contributed by atoms with Crippen molar-refractivity contribution in [2.75, 3.05) is 11.9 Å². The maximum Gasteiger partial charge on any atom is 0.124 e. The van der Waals surface area contributed by atoms with Crippen LogP contribution in [0.1, 0.15) is 39.3 Å². The fourth-order valence-electron chi connectivity index (χ4n) is 1.80. The van der Waals surface area contributed by atoms with E-state index < -0.39 is 0 Å². The standard InChI is InChI=1S/C15H25N3/c1-12(2)7-6-8-13(3)9-10-16-15-11-14(4)17-18(15)5/h7,9,11,16H,6,8,10H2,1-5H3/b13-9+. The molecule has 0 atom stereocenters. The fourth-order valence-corrected chi connectivity index (χ4v) is 1.80. The molecule has 1 heterocycles. The van der Waals surface area contributed by atoms with Crippen molar-refractivity contribution in [3.8, 4) is 0 Å². The van der Waals surface area contributed by atoms with Crippen LogP contribution in [0, 0.1) is 6.92 Å². The minimum atomic E-state index is 0.861. The summed E-state index contributed by atoms with van der Waals surface area (Å²) in [5, 5.41) is 7.68. The smallest absolute Gasteiger partial charge is 0.124 e. The lowest BCUT2D eigenvalue weighted by Gasteiger charge is -2.04. The highest BCUT2D eigenvalue weighted by atomic mass is 15.3. The van der Waals surface area contributed by atoms with Gasteiger partial charge in [-0.15, -0.1) is 0 Å². The van der Waals surface area contributed by atoms with Gasteiger partial charge in [0, 0.05) is 19.7 Å². The van der Waals surface area contributed by atoms with Crippen molar-refractivity contribution in [2.45, 2.75) is 40.5 Å². The van der Waals surface area contributed by atoms with Crippen LogP contribution < -0.4 is 5.32 Å². The summed E-state index contributed by atoms with van der Waals surface area (Å²) in [5.74, 6) is 1.07. The van der Waals surface area contributed by atoms with Gasteiger partial charge in [-0.3, -0.25) is 4.68 Å². The third kappa shape index (κ3) is 5.21. The van der Waals surface area contributed by atoms with E-state index in [1.807, 2.05) is 18.7 Å². The molecule has 0 spiro atoms. The number of nitrogens with zero attached hydrogens (tertiary/aromatic N) is 2. The Bertz CT molecular complexity index is 435. The molecule has 1 rings (SSSR count). The van der Waals surface area contributed by atoms with Gasteiger partial charge in [0.2, 0.25) is 0 Å². The van der Waals surface area contributed by atoms with Crippen LogP contribution in [0.5, 0.6) is 0 Å². The van der Waals surface area contributed by atoms with E-state index in [2.05, 4.69) is 49.4 Å². The first-order chi connectivity index (χ1) is 8.49. The molecule has 0 radical (unpaired) electrons. The van der Waals surface area contributed by atoms with Crippen molar-refractivity contribution in [1.82, 2.24) is 9.78 Å². The number of aromatic nitrogens is 2. The molecule has 18 heavy (non-hydrogen) atoms. The van der Waals surface area contributed by atoms with Crippen molar-refractivity contribution in [2.24, 2.45) is 7.05 Å². The van der Waals surface area contributed by atoms with Gasteiger partial charge < -0.3 is 5.32 Å². The van der Waals surface area contributed by atoms with Gasteiger partial charge in [0.1, 0.15) is 5.82 Å². The summed E-state index contributed by atoms with van der Waals surface area (Å²) < 4.78 is 1.88. The number of aryl methyl sites for hydroxylation is 2. The molecule has 1 aromatic heterocycles. The second-order valence-electron chi connectivity index (χ2n) is 5.05. The second-order valence-corrected chi connectivity index (χ2v) is 5.05. The molecule has 0 fully saturated rings. The SMILES string of the molecule is CC(C)=CCC/C(C)=C/CNc1cc(C)nn1C. The van der Waals surface area contributed by atoms with E-state index in [4.69, 9.17) is 0 Å². The van der Waals surface area contributed by atoms with E-state index in [-0.39, 0.29) is 0 Å². The molecule has 0 bridgehead atoms. The van der Waals surface area contributed by atoms with Crippen LogP contribution in [-0.2, 0) is 7.05 Å². The Morgan fingerprint density at radius 1 is 1.33 bits per heavy atom. The van der Waals surface area contributed by atoms with Crippen molar-refractivity contribution < 1.29 is 0 Å². The number of allylic oxidation sites excluding steroid dienone is 3. The number of anilines is 1. The molecular formula is C15H25N3. The Hall–Kier alpha value is -1.51. The maximum absolute atomic E-state index is 4.30. The molecule has 1 N–H and O–H groups in total. The van der Waals surface area contributed by atoms with Crippen molar-refractivity contribution in [3.05, 3.63) is 35.1 Å². The van der Waals surface area contributed by atoms with Gasteiger partial charge in [-0.2, -0.15) is 5.10 Å². The van der Waals surface area contributed by atoms with Crippen molar-refractivity contribution >= 4 is 5.82 Å². The van der Waals surface area contributed by atoms with Gasteiger partial charge in [-0.1, -0.05) is 23.3 Å². The molecule has 0 saturated carbocycles. The molecular weight excluding hydrogens is 222 g/mol. The lowest BCUT2D eigenvalue weighted by Crippen LogP contribution is -2.04. The van der Waals surface area contributed by atoms with Crippen LogP contribution >= 0.6 is 0 Å². The predicted molar refractivity (Wildman–Crippen MR) is 78.9 cm³/mol. The van der Waals surface area contributed by atoms with E-state index in [0.29, 0.717) is 0 Å². The highest BCUT2D eigenvalue weighted by Gasteiger charge is 1.99. The van der Waals surface area contributed by atoms with Gasteiger partial charge in [0.25, 0.3) is 0 Å². The summed E-state index contributed by atoms with van der Waals surface area (Å²) in [6.45, 7) is 9.34. The van der Waals surface area contributed by atoms with Gasteiger partial charge in [-0.25, -0.2) is 0 Å². The second kappa shape index (κ2) is 7.04. The molecule has 0 aromatic carbocycles. The van der Waals surface area contributed by atoms with Crippen molar-refractivity contribution in [3.63, 3.8) is 0 Å². The van der Waals surface area contributed by atoms with E-state index >= 15 is 0 Å². The van der Waals surface area contributed by atoms with Crippen LogP contribution in [-0.4, -0.2) is 16.3 Å². The molecule has 0 unspecified atom stereocenters. The number of hydrogen-bond acceptors (Lipinski definition) is 2. The van der Waals surface area contributed by atoms with Crippen LogP contribution in [0.3, 0.4) is 0 Å². The first kappa shape index (κ1) is 14.6. The van der Waals surface area contributed by atoms with E-state index in [1.165, 1.54) is 11.1 Å². The Balaban J connectivity index is 2.35. The number of rotatable bonds is 6. The average Bonchev–Trinajstić information content (AvgIpc) is 2.57.